The van der Waals surface area contributed by atoms with E-state index in [0.717, 1.165) is 22.3 Å². The molecule has 0 fully saturated rings. The second-order valence-corrected chi connectivity index (χ2v) is 6.09. The molecule has 1 aromatic heterocycles. The summed E-state index contributed by atoms with van der Waals surface area (Å²) in [7, 11) is 3.38. The molecule has 0 aliphatic heterocycles. The van der Waals surface area contributed by atoms with E-state index in [2.05, 4.69) is 0 Å². The molecule has 5 heteroatoms. The van der Waals surface area contributed by atoms with E-state index in [1.165, 1.54) is 0 Å². The van der Waals surface area contributed by atoms with Crippen molar-refractivity contribution in [3.8, 4) is 5.75 Å². The summed E-state index contributed by atoms with van der Waals surface area (Å²) in [6.07, 6.45) is 0. The Morgan fingerprint density at radius 2 is 1.92 bits per heavy atom. The third-order valence-electron chi connectivity index (χ3n) is 4.04. The van der Waals surface area contributed by atoms with Crippen LogP contribution in [-0.4, -0.2) is 25.0 Å². The molecule has 3 rings (SSSR count). The first kappa shape index (κ1) is 16.4. The molecule has 0 aliphatic rings. The summed E-state index contributed by atoms with van der Waals surface area (Å²) in [4.78, 5) is 14.4. The van der Waals surface area contributed by atoms with Crippen LogP contribution in [0.25, 0.3) is 11.0 Å². The lowest BCUT2D eigenvalue weighted by molar-refractivity contribution is 0.0755. The van der Waals surface area contributed by atoms with Gasteiger partial charge in [-0.2, -0.15) is 0 Å². The van der Waals surface area contributed by atoms with Gasteiger partial charge in [-0.3, -0.25) is 4.79 Å². The second-order valence-electron chi connectivity index (χ2n) is 5.68. The van der Waals surface area contributed by atoms with Crippen molar-refractivity contribution in [3.05, 3.63) is 64.4 Å². The molecule has 0 radical (unpaired) electrons. The zero-order valence-electron chi connectivity index (χ0n) is 13.8. The van der Waals surface area contributed by atoms with Gasteiger partial charge >= 0.3 is 0 Å². The summed E-state index contributed by atoms with van der Waals surface area (Å²) >= 11 is 6.15. The molecule has 4 nitrogen and oxygen atoms in total. The Balaban J connectivity index is 1.85. The number of rotatable bonds is 4. The van der Waals surface area contributed by atoms with Gasteiger partial charge in [-0.15, -0.1) is 0 Å². The molecule has 1 amide bonds. The molecule has 0 aliphatic carbocycles. The molecular weight excluding hydrogens is 326 g/mol. The summed E-state index contributed by atoms with van der Waals surface area (Å²) in [6, 6.07) is 13.1. The minimum atomic E-state index is -0.171. The lowest BCUT2D eigenvalue weighted by Crippen LogP contribution is -2.26. The number of hydrogen-bond donors (Lipinski definition) is 0. The molecule has 124 valence electrons. The summed E-state index contributed by atoms with van der Waals surface area (Å²) in [5.41, 5.74) is 2.37. The first-order valence-corrected chi connectivity index (χ1v) is 7.95. The minimum Gasteiger partial charge on any atom is -0.497 e. The first-order valence-electron chi connectivity index (χ1n) is 7.57. The normalized spacial score (nSPS) is 10.8. The number of halogens is 1. The fraction of sp³-hybridized carbons (Fsp3) is 0.211. The van der Waals surface area contributed by atoms with E-state index < -0.39 is 0 Å². The highest BCUT2D eigenvalue weighted by Gasteiger charge is 2.22. The fourth-order valence-electron chi connectivity index (χ4n) is 2.66. The molecule has 0 atom stereocenters. The predicted octanol–water partition coefficient (Wildman–Crippen LogP) is 4.68. The lowest BCUT2D eigenvalue weighted by Gasteiger charge is -2.16. The van der Waals surface area contributed by atoms with Crippen molar-refractivity contribution in [2.75, 3.05) is 14.2 Å². The monoisotopic (exact) mass is 343 g/mol. The number of furan rings is 1. The van der Waals surface area contributed by atoms with E-state index in [9.17, 15) is 4.79 Å². The van der Waals surface area contributed by atoms with E-state index >= 15 is 0 Å². The van der Waals surface area contributed by atoms with Gasteiger partial charge in [0.25, 0.3) is 5.91 Å². The van der Waals surface area contributed by atoms with E-state index in [4.69, 9.17) is 20.8 Å². The van der Waals surface area contributed by atoms with Gasteiger partial charge < -0.3 is 14.1 Å². The summed E-state index contributed by atoms with van der Waals surface area (Å²) in [5.74, 6) is 0.945. The Morgan fingerprint density at radius 3 is 2.54 bits per heavy atom. The van der Waals surface area contributed by atoms with Crippen molar-refractivity contribution < 1.29 is 13.9 Å². The number of ether oxygens (including phenoxy) is 1. The standard InChI is InChI=1S/C19H18ClNO3/c1-12-15-5-4-6-16(20)18(15)24-17(12)19(22)21(2)11-13-7-9-14(23-3)10-8-13/h4-10H,11H2,1-3H3. The zero-order chi connectivity index (χ0) is 17.3. The summed E-state index contributed by atoms with van der Waals surface area (Å²) in [6.45, 7) is 2.35. The molecule has 3 aromatic rings. The Bertz CT molecular complexity index is 884. The molecule has 24 heavy (non-hydrogen) atoms. The summed E-state index contributed by atoms with van der Waals surface area (Å²) < 4.78 is 10.9. The van der Waals surface area contributed by atoms with Crippen molar-refractivity contribution >= 4 is 28.5 Å². The Hall–Kier alpha value is -2.46. The maximum absolute atomic E-state index is 12.7. The third kappa shape index (κ3) is 2.97. The third-order valence-corrected chi connectivity index (χ3v) is 4.33. The van der Waals surface area contributed by atoms with E-state index in [-0.39, 0.29) is 5.91 Å². The van der Waals surface area contributed by atoms with E-state index in [1.54, 1.807) is 25.1 Å². The van der Waals surface area contributed by atoms with Gasteiger partial charge in [0.05, 0.1) is 12.1 Å². The number of nitrogens with zero attached hydrogens (tertiary/aromatic N) is 1. The molecule has 1 heterocycles. The smallest absolute Gasteiger partial charge is 0.289 e. The quantitative estimate of drug-likeness (QED) is 0.691. The zero-order valence-corrected chi connectivity index (χ0v) is 14.6. The van der Waals surface area contributed by atoms with Gasteiger partial charge in [0, 0.05) is 24.5 Å². The topological polar surface area (TPSA) is 42.7 Å². The molecule has 0 bridgehead atoms. The molecule has 2 aromatic carbocycles. The number of aryl methyl sites for hydroxylation is 1. The van der Waals surface area contributed by atoms with Crippen LogP contribution in [0.2, 0.25) is 5.02 Å². The van der Waals surface area contributed by atoms with Gasteiger partial charge in [-0.1, -0.05) is 35.9 Å². The first-order chi connectivity index (χ1) is 11.5. The van der Waals surface area contributed by atoms with Crippen LogP contribution < -0.4 is 4.74 Å². The average molecular weight is 344 g/mol. The number of hydrogen-bond acceptors (Lipinski definition) is 3. The SMILES string of the molecule is COc1ccc(CN(C)C(=O)c2oc3c(Cl)cccc3c2C)cc1. The van der Waals surface area contributed by atoms with Crippen LogP contribution in [0.5, 0.6) is 5.75 Å². The Labute approximate surface area is 145 Å². The largest absolute Gasteiger partial charge is 0.497 e. The fourth-order valence-corrected chi connectivity index (χ4v) is 2.88. The van der Waals surface area contributed by atoms with Crippen LogP contribution >= 0.6 is 11.6 Å². The molecule has 0 unspecified atom stereocenters. The number of carbonyl (C=O) groups is 1. The van der Waals surface area contributed by atoms with E-state index in [0.29, 0.717) is 22.9 Å². The Kier molecular flexibility index (Phi) is 4.49. The van der Waals surface area contributed by atoms with Gasteiger partial charge in [-0.05, 0) is 30.7 Å². The molecule has 0 spiro atoms. The van der Waals surface area contributed by atoms with Gasteiger partial charge in [0.2, 0.25) is 0 Å². The number of carbonyl (C=O) groups excluding carboxylic acids is 1. The predicted molar refractivity (Wildman–Crippen MR) is 94.8 cm³/mol. The van der Waals surface area contributed by atoms with Gasteiger partial charge in [-0.25, -0.2) is 0 Å². The van der Waals surface area contributed by atoms with Crippen LogP contribution in [0.1, 0.15) is 21.7 Å². The van der Waals surface area contributed by atoms with Crippen LogP contribution in [0.15, 0.2) is 46.9 Å². The second kappa shape index (κ2) is 6.57. The van der Waals surface area contributed by atoms with Crippen molar-refractivity contribution in [2.24, 2.45) is 0 Å². The van der Waals surface area contributed by atoms with E-state index in [1.807, 2.05) is 43.3 Å². The number of para-hydroxylation sites is 1. The highest BCUT2D eigenvalue weighted by atomic mass is 35.5. The maximum Gasteiger partial charge on any atom is 0.289 e. The van der Waals surface area contributed by atoms with Crippen LogP contribution in [0.3, 0.4) is 0 Å². The number of amides is 1. The van der Waals surface area contributed by atoms with Crippen LogP contribution in [0, 0.1) is 6.92 Å². The van der Waals surface area contributed by atoms with Gasteiger partial charge in [0.15, 0.2) is 11.3 Å². The maximum atomic E-state index is 12.7. The molecular formula is C19H18ClNO3. The molecule has 0 saturated carbocycles. The highest BCUT2D eigenvalue weighted by Crippen LogP contribution is 2.31. The van der Waals surface area contributed by atoms with Gasteiger partial charge in [0.1, 0.15) is 5.75 Å². The molecule has 0 saturated heterocycles. The number of benzene rings is 2. The number of fused-ring (bicyclic) bond motifs is 1. The van der Waals surface area contributed by atoms with Crippen molar-refractivity contribution in [1.29, 1.82) is 0 Å². The highest BCUT2D eigenvalue weighted by molar-refractivity contribution is 6.35. The van der Waals surface area contributed by atoms with Crippen LogP contribution in [-0.2, 0) is 6.54 Å². The summed E-state index contributed by atoms with van der Waals surface area (Å²) in [5, 5.41) is 1.37. The lowest BCUT2D eigenvalue weighted by atomic mass is 10.1. The van der Waals surface area contributed by atoms with Crippen molar-refractivity contribution in [1.82, 2.24) is 4.90 Å². The minimum absolute atomic E-state index is 0.171. The average Bonchev–Trinajstić information content (AvgIpc) is 2.93. The molecule has 0 N–H and O–H groups in total. The van der Waals surface area contributed by atoms with Crippen LogP contribution in [0.4, 0.5) is 0 Å². The van der Waals surface area contributed by atoms with Crippen molar-refractivity contribution in [2.45, 2.75) is 13.5 Å². The Morgan fingerprint density at radius 1 is 1.21 bits per heavy atom. The number of methoxy groups -OCH3 is 1. The van der Waals surface area contributed by atoms with Crippen molar-refractivity contribution in [3.63, 3.8) is 0 Å².